The van der Waals surface area contributed by atoms with E-state index in [0.717, 1.165) is 38.9 Å². The van der Waals surface area contributed by atoms with Crippen LogP contribution in [0.3, 0.4) is 0 Å². The van der Waals surface area contributed by atoms with Gasteiger partial charge in [-0.2, -0.15) is 5.10 Å². The van der Waals surface area contributed by atoms with Crippen LogP contribution in [0, 0.1) is 5.92 Å². The van der Waals surface area contributed by atoms with Gasteiger partial charge in [0.1, 0.15) is 4.90 Å². The van der Waals surface area contributed by atoms with Gasteiger partial charge in [-0.05, 0) is 38.3 Å². The maximum atomic E-state index is 12.1. The van der Waals surface area contributed by atoms with Crippen LogP contribution in [-0.4, -0.2) is 37.3 Å². The van der Waals surface area contributed by atoms with Crippen LogP contribution in [0.5, 0.6) is 0 Å². The first-order valence-electron chi connectivity index (χ1n) is 7.28. The van der Waals surface area contributed by atoms with Crippen molar-refractivity contribution in [2.75, 3.05) is 13.1 Å². The third-order valence-corrected chi connectivity index (χ3v) is 4.95. The summed E-state index contributed by atoms with van der Waals surface area (Å²) in [6.45, 7) is 6.84. The van der Waals surface area contributed by atoms with E-state index in [0.29, 0.717) is 5.92 Å². The molecule has 0 bridgehead atoms. The molecule has 0 radical (unpaired) electrons. The van der Waals surface area contributed by atoms with E-state index in [1.54, 1.807) is 10.9 Å². The Morgan fingerprint density at radius 3 is 2.85 bits per heavy atom. The molecule has 1 aliphatic carbocycles. The predicted molar refractivity (Wildman–Crippen MR) is 77.9 cm³/mol. The van der Waals surface area contributed by atoms with Crippen LogP contribution >= 0.6 is 0 Å². The van der Waals surface area contributed by atoms with Crippen LogP contribution < -0.4 is 10.0 Å². The summed E-state index contributed by atoms with van der Waals surface area (Å²) in [6, 6.07) is 0.0987. The van der Waals surface area contributed by atoms with Crippen molar-refractivity contribution in [2.45, 2.75) is 50.6 Å². The summed E-state index contributed by atoms with van der Waals surface area (Å²) >= 11 is 0. The maximum absolute atomic E-state index is 12.1. The molecule has 2 unspecified atom stereocenters. The van der Waals surface area contributed by atoms with Crippen LogP contribution in [0.1, 0.15) is 33.1 Å². The van der Waals surface area contributed by atoms with E-state index in [1.807, 2.05) is 6.92 Å². The second-order valence-electron chi connectivity index (χ2n) is 5.48. The zero-order valence-electron chi connectivity index (χ0n) is 12.2. The minimum atomic E-state index is -3.40. The number of hydrogen-bond acceptors (Lipinski definition) is 4. The highest BCUT2D eigenvalue weighted by molar-refractivity contribution is 7.89. The minimum Gasteiger partial charge on any atom is -0.317 e. The molecular formula is C13H24N4O2S. The van der Waals surface area contributed by atoms with Crippen LogP contribution in [0.25, 0.3) is 0 Å². The van der Waals surface area contributed by atoms with E-state index < -0.39 is 10.0 Å². The van der Waals surface area contributed by atoms with Gasteiger partial charge in [0.15, 0.2) is 0 Å². The summed E-state index contributed by atoms with van der Waals surface area (Å²) < 4.78 is 28.6. The lowest BCUT2D eigenvalue weighted by Gasteiger charge is -2.04. The molecule has 0 spiro atoms. The Labute approximate surface area is 121 Å². The highest BCUT2D eigenvalue weighted by Crippen LogP contribution is 2.30. The molecule has 0 aliphatic heterocycles. The van der Waals surface area contributed by atoms with Crippen LogP contribution in [0.4, 0.5) is 0 Å². The van der Waals surface area contributed by atoms with Crippen molar-refractivity contribution in [1.82, 2.24) is 19.8 Å². The minimum absolute atomic E-state index is 0.0987. The Morgan fingerprint density at radius 2 is 2.20 bits per heavy atom. The molecule has 7 heteroatoms. The van der Waals surface area contributed by atoms with Gasteiger partial charge < -0.3 is 5.32 Å². The molecule has 1 aromatic heterocycles. The zero-order valence-corrected chi connectivity index (χ0v) is 13.0. The summed E-state index contributed by atoms with van der Waals surface area (Å²) in [5, 5.41) is 7.43. The molecule has 1 heterocycles. The number of rotatable bonds is 9. The number of nitrogens with one attached hydrogen (secondary N) is 2. The normalized spacial score (nSPS) is 22.1. The van der Waals surface area contributed by atoms with E-state index >= 15 is 0 Å². The van der Waals surface area contributed by atoms with E-state index in [9.17, 15) is 8.42 Å². The van der Waals surface area contributed by atoms with Gasteiger partial charge in [0, 0.05) is 18.8 Å². The lowest BCUT2D eigenvalue weighted by molar-refractivity contribution is 0.541. The Morgan fingerprint density at radius 1 is 1.45 bits per heavy atom. The van der Waals surface area contributed by atoms with Crippen LogP contribution in [0.15, 0.2) is 17.3 Å². The van der Waals surface area contributed by atoms with E-state index in [-0.39, 0.29) is 10.9 Å². The number of hydrogen-bond donors (Lipinski definition) is 2. The van der Waals surface area contributed by atoms with Gasteiger partial charge in [0.25, 0.3) is 0 Å². The predicted octanol–water partition coefficient (Wildman–Crippen LogP) is 0.960. The molecule has 2 atom stereocenters. The molecule has 2 N–H and O–H groups in total. The van der Waals surface area contributed by atoms with Gasteiger partial charge in [-0.1, -0.05) is 13.8 Å². The van der Waals surface area contributed by atoms with Crippen molar-refractivity contribution in [1.29, 1.82) is 0 Å². The van der Waals surface area contributed by atoms with Crippen molar-refractivity contribution in [3.8, 4) is 0 Å². The van der Waals surface area contributed by atoms with Crippen molar-refractivity contribution < 1.29 is 8.42 Å². The quantitative estimate of drug-likeness (QED) is 0.666. The summed E-state index contributed by atoms with van der Waals surface area (Å²) in [6.07, 6.45) is 6.02. The molecule has 1 saturated carbocycles. The molecule has 0 saturated heterocycles. The summed E-state index contributed by atoms with van der Waals surface area (Å²) in [5.41, 5.74) is 0. The van der Waals surface area contributed by atoms with Gasteiger partial charge in [-0.25, -0.2) is 13.1 Å². The van der Waals surface area contributed by atoms with Crippen LogP contribution in [-0.2, 0) is 16.6 Å². The molecule has 114 valence electrons. The second-order valence-corrected chi connectivity index (χ2v) is 7.20. The molecule has 1 aliphatic rings. The van der Waals surface area contributed by atoms with Crippen molar-refractivity contribution in [3.05, 3.63) is 12.4 Å². The Balaban J connectivity index is 1.82. The Kier molecular flexibility index (Phi) is 5.17. The van der Waals surface area contributed by atoms with Crippen molar-refractivity contribution >= 4 is 10.0 Å². The molecule has 1 aromatic rings. The van der Waals surface area contributed by atoms with Crippen LogP contribution in [0.2, 0.25) is 0 Å². The third kappa shape index (κ3) is 4.29. The smallest absolute Gasteiger partial charge is 0.243 e. The largest absolute Gasteiger partial charge is 0.317 e. The SMILES string of the molecule is CCCNCCCn1cc(S(=O)(=O)NC2CC2C)cn1. The average molecular weight is 300 g/mol. The fraction of sp³-hybridized carbons (Fsp3) is 0.769. The first-order valence-corrected chi connectivity index (χ1v) is 8.76. The summed E-state index contributed by atoms with van der Waals surface area (Å²) in [5.74, 6) is 0.449. The molecular weight excluding hydrogens is 276 g/mol. The molecule has 2 rings (SSSR count). The van der Waals surface area contributed by atoms with Gasteiger partial charge in [-0.3, -0.25) is 4.68 Å². The van der Waals surface area contributed by atoms with Gasteiger partial charge in [0.2, 0.25) is 10.0 Å². The van der Waals surface area contributed by atoms with E-state index in [2.05, 4.69) is 22.1 Å². The maximum Gasteiger partial charge on any atom is 0.243 e. The second kappa shape index (κ2) is 6.69. The molecule has 20 heavy (non-hydrogen) atoms. The van der Waals surface area contributed by atoms with Gasteiger partial charge in [0.05, 0.1) is 6.20 Å². The van der Waals surface area contributed by atoms with Gasteiger partial charge in [-0.15, -0.1) is 0 Å². The number of aryl methyl sites for hydroxylation is 1. The number of sulfonamides is 1. The standard InChI is InChI=1S/C13H24N4O2S/c1-3-5-14-6-4-7-17-10-12(9-15-17)20(18,19)16-13-8-11(13)2/h9-11,13-14,16H,3-8H2,1-2H3. The number of aromatic nitrogens is 2. The lowest BCUT2D eigenvalue weighted by Crippen LogP contribution is -2.26. The summed E-state index contributed by atoms with van der Waals surface area (Å²) in [7, 11) is -3.40. The zero-order chi connectivity index (χ0) is 14.6. The van der Waals surface area contributed by atoms with Gasteiger partial charge >= 0.3 is 0 Å². The third-order valence-electron chi connectivity index (χ3n) is 3.50. The van der Waals surface area contributed by atoms with Crippen molar-refractivity contribution in [2.24, 2.45) is 5.92 Å². The topological polar surface area (TPSA) is 76.0 Å². The fourth-order valence-electron chi connectivity index (χ4n) is 2.03. The Hall–Kier alpha value is -0.920. The number of nitrogens with zero attached hydrogens (tertiary/aromatic N) is 2. The first kappa shape index (κ1) is 15.5. The van der Waals surface area contributed by atoms with Crippen molar-refractivity contribution in [3.63, 3.8) is 0 Å². The highest BCUT2D eigenvalue weighted by atomic mass is 32.2. The highest BCUT2D eigenvalue weighted by Gasteiger charge is 2.36. The monoisotopic (exact) mass is 300 g/mol. The Bertz CT molecular complexity index is 526. The first-order chi connectivity index (χ1) is 9.53. The molecule has 0 amide bonds. The van der Waals surface area contributed by atoms with E-state index in [1.165, 1.54) is 6.20 Å². The molecule has 1 fully saturated rings. The van der Waals surface area contributed by atoms with E-state index in [4.69, 9.17) is 0 Å². The fourth-order valence-corrected chi connectivity index (χ4v) is 3.34. The molecule has 0 aromatic carbocycles. The molecule has 6 nitrogen and oxygen atoms in total. The average Bonchev–Trinajstić information content (AvgIpc) is 2.91. The lowest BCUT2D eigenvalue weighted by atomic mass is 10.4. The summed E-state index contributed by atoms with van der Waals surface area (Å²) in [4.78, 5) is 0.262.